The van der Waals surface area contributed by atoms with Gasteiger partial charge in [0.2, 0.25) is 5.91 Å². The van der Waals surface area contributed by atoms with E-state index >= 15 is 0 Å². The van der Waals surface area contributed by atoms with E-state index in [9.17, 15) is 19.2 Å². The maximum atomic E-state index is 12.3. The average molecular weight is 430 g/mol. The van der Waals surface area contributed by atoms with Crippen molar-refractivity contribution in [2.24, 2.45) is 5.92 Å². The number of hydrogen-bond donors (Lipinski definition) is 2. The van der Waals surface area contributed by atoms with E-state index in [1.54, 1.807) is 42.5 Å². The number of ether oxygens (including phenoxy) is 1. The number of amides is 3. The first-order chi connectivity index (χ1) is 14.3. The molecule has 1 aliphatic heterocycles. The monoisotopic (exact) mass is 429 g/mol. The molecule has 1 saturated heterocycles. The van der Waals surface area contributed by atoms with Crippen LogP contribution < -0.4 is 10.7 Å². The number of carbonyl (C=O) groups excluding carboxylic acids is 4. The highest BCUT2D eigenvalue weighted by Crippen LogP contribution is 2.18. The summed E-state index contributed by atoms with van der Waals surface area (Å²) in [6.45, 7) is 1.35. The zero-order valence-electron chi connectivity index (χ0n) is 16.2. The van der Waals surface area contributed by atoms with Crippen molar-refractivity contribution >= 4 is 41.0 Å². The summed E-state index contributed by atoms with van der Waals surface area (Å²) in [5.41, 5.74) is 4.34. The van der Waals surface area contributed by atoms with Crippen LogP contribution in [0.15, 0.2) is 48.5 Å². The van der Waals surface area contributed by atoms with Crippen molar-refractivity contribution in [3.05, 3.63) is 64.7 Å². The van der Waals surface area contributed by atoms with Crippen molar-refractivity contribution in [2.45, 2.75) is 13.3 Å². The highest BCUT2D eigenvalue weighted by molar-refractivity contribution is 6.30. The maximum absolute atomic E-state index is 12.3. The summed E-state index contributed by atoms with van der Waals surface area (Å²) in [7, 11) is 0. The van der Waals surface area contributed by atoms with E-state index in [4.69, 9.17) is 16.3 Å². The second kappa shape index (κ2) is 9.41. The zero-order chi connectivity index (χ0) is 21.7. The van der Waals surface area contributed by atoms with Crippen molar-refractivity contribution in [2.75, 3.05) is 18.5 Å². The number of hydrogen-bond acceptors (Lipinski definition) is 5. The third kappa shape index (κ3) is 5.57. The average Bonchev–Trinajstić information content (AvgIpc) is 3.08. The van der Waals surface area contributed by atoms with Crippen molar-refractivity contribution in [3.8, 4) is 0 Å². The van der Waals surface area contributed by atoms with Gasteiger partial charge in [-0.1, -0.05) is 29.3 Å². The molecule has 0 saturated carbocycles. The molecule has 0 aliphatic carbocycles. The van der Waals surface area contributed by atoms with Crippen LogP contribution in [0.3, 0.4) is 0 Å². The van der Waals surface area contributed by atoms with Gasteiger partial charge in [-0.05, 0) is 43.3 Å². The van der Waals surface area contributed by atoms with E-state index in [2.05, 4.69) is 10.7 Å². The Labute approximate surface area is 178 Å². The molecule has 2 N–H and O–H groups in total. The third-order valence-corrected chi connectivity index (χ3v) is 4.70. The van der Waals surface area contributed by atoms with E-state index in [1.165, 1.54) is 0 Å². The van der Waals surface area contributed by atoms with Crippen molar-refractivity contribution < 1.29 is 23.9 Å². The number of carbonyl (C=O) groups is 4. The third-order valence-electron chi connectivity index (χ3n) is 4.45. The largest absolute Gasteiger partial charge is 0.455 e. The van der Waals surface area contributed by atoms with E-state index in [0.717, 1.165) is 10.6 Å². The minimum atomic E-state index is -0.765. The molecule has 8 nitrogen and oxygen atoms in total. The topological polar surface area (TPSA) is 105 Å². The summed E-state index contributed by atoms with van der Waals surface area (Å²) in [4.78, 5) is 48.6. The lowest BCUT2D eigenvalue weighted by atomic mass is 10.1. The number of rotatable bonds is 6. The van der Waals surface area contributed by atoms with Crippen LogP contribution in [0.2, 0.25) is 5.02 Å². The summed E-state index contributed by atoms with van der Waals surface area (Å²) in [6.07, 6.45) is -0.105. The van der Waals surface area contributed by atoms with Crippen molar-refractivity contribution in [3.63, 3.8) is 0 Å². The maximum Gasteiger partial charge on any atom is 0.311 e. The van der Waals surface area contributed by atoms with Crippen LogP contribution in [0, 0.1) is 12.8 Å². The van der Waals surface area contributed by atoms with Crippen LogP contribution in [0.25, 0.3) is 0 Å². The van der Waals surface area contributed by atoms with Crippen LogP contribution in [-0.4, -0.2) is 41.9 Å². The standard InChI is InChI=1S/C21H20ClN3O5/c1-13-3-2-4-14(9-13)20(28)24-25-11-15(10-19(25)27)21(29)30-12-18(26)23-17-7-5-16(22)6-8-17/h2-9,15H,10-12H2,1H3,(H,23,26)(H,24,28)/t15-/m1/s1. The lowest BCUT2D eigenvalue weighted by molar-refractivity contribution is -0.151. The van der Waals surface area contributed by atoms with Gasteiger partial charge < -0.3 is 10.1 Å². The predicted octanol–water partition coefficient (Wildman–Crippen LogP) is 2.32. The summed E-state index contributed by atoms with van der Waals surface area (Å²) < 4.78 is 5.02. The van der Waals surface area contributed by atoms with Gasteiger partial charge in [0.05, 0.1) is 12.5 Å². The van der Waals surface area contributed by atoms with Crippen molar-refractivity contribution in [1.82, 2.24) is 10.4 Å². The van der Waals surface area contributed by atoms with Gasteiger partial charge in [0.1, 0.15) is 0 Å². The van der Waals surface area contributed by atoms with Gasteiger partial charge in [0.15, 0.2) is 6.61 Å². The fourth-order valence-electron chi connectivity index (χ4n) is 2.93. The number of nitrogens with one attached hydrogen (secondary N) is 2. The van der Waals surface area contributed by atoms with Gasteiger partial charge in [-0.15, -0.1) is 0 Å². The summed E-state index contributed by atoms with van der Waals surface area (Å²) >= 11 is 5.78. The molecule has 1 aliphatic rings. The molecule has 3 amide bonds. The van der Waals surface area contributed by atoms with Crippen molar-refractivity contribution in [1.29, 1.82) is 0 Å². The Morgan fingerprint density at radius 2 is 1.90 bits per heavy atom. The molecule has 0 bridgehead atoms. The number of esters is 1. The van der Waals surface area contributed by atoms with Gasteiger partial charge in [0, 0.05) is 22.7 Å². The Kier molecular flexibility index (Phi) is 6.68. The van der Waals surface area contributed by atoms with E-state index < -0.39 is 36.2 Å². The molecular weight excluding hydrogens is 410 g/mol. The van der Waals surface area contributed by atoms with Crippen LogP contribution in [0.4, 0.5) is 5.69 Å². The van der Waals surface area contributed by atoms with Gasteiger partial charge in [-0.25, -0.2) is 0 Å². The molecule has 0 aromatic heterocycles. The first-order valence-electron chi connectivity index (χ1n) is 9.22. The normalized spacial score (nSPS) is 15.6. The molecule has 0 spiro atoms. The second-order valence-electron chi connectivity index (χ2n) is 6.88. The minimum absolute atomic E-state index is 0.0198. The zero-order valence-corrected chi connectivity index (χ0v) is 16.9. The van der Waals surface area contributed by atoms with Gasteiger partial charge >= 0.3 is 5.97 Å². The van der Waals surface area contributed by atoms with Gasteiger partial charge in [-0.2, -0.15) is 0 Å². The SMILES string of the molecule is Cc1cccc(C(=O)NN2C[C@H](C(=O)OCC(=O)Nc3ccc(Cl)cc3)CC2=O)c1. The molecule has 0 radical (unpaired) electrons. The van der Waals surface area contributed by atoms with Crippen LogP contribution >= 0.6 is 11.6 Å². The Bertz CT molecular complexity index is 977. The molecule has 3 rings (SSSR count). The number of aryl methyl sites for hydroxylation is 1. The molecule has 2 aromatic rings. The highest BCUT2D eigenvalue weighted by atomic mass is 35.5. The van der Waals surface area contributed by atoms with E-state index in [-0.39, 0.29) is 13.0 Å². The molecule has 1 fully saturated rings. The Morgan fingerprint density at radius 1 is 1.17 bits per heavy atom. The highest BCUT2D eigenvalue weighted by Gasteiger charge is 2.36. The van der Waals surface area contributed by atoms with E-state index in [1.807, 2.05) is 13.0 Å². The van der Waals surface area contributed by atoms with Gasteiger partial charge in [0.25, 0.3) is 11.8 Å². The van der Waals surface area contributed by atoms with Crippen LogP contribution in [-0.2, 0) is 19.1 Å². The molecule has 1 heterocycles. The Hall–Kier alpha value is -3.39. The van der Waals surface area contributed by atoms with E-state index in [0.29, 0.717) is 16.3 Å². The molecule has 2 aromatic carbocycles. The molecule has 9 heteroatoms. The lowest BCUT2D eigenvalue weighted by Gasteiger charge is -2.17. The number of halogens is 1. The fraction of sp³-hybridized carbons (Fsp3) is 0.238. The molecule has 30 heavy (non-hydrogen) atoms. The Morgan fingerprint density at radius 3 is 2.60 bits per heavy atom. The van der Waals surface area contributed by atoms with Crippen LogP contribution in [0.5, 0.6) is 0 Å². The lowest BCUT2D eigenvalue weighted by Crippen LogP contribution is -2.43. The smallest absolute Gasteiger partial charge is 0.311 e. The number of anilines is 1. The molecule has 0 unspecified atom stereocenters. The summed E-state index contributed by atoms with van der Waals surface area (Å²) in [6, 6.07) is 13.4. The van der Waals surface area contributed by atoms with Gasteiger partial charge in [-0.3, -0.25) is 29.6 Å². The minimum Gasteiger partial charge on any atom is -0.455 e. The molecule has 156 valence electrons. The second-order valence-corrected chi connectivity index (χ2v) is 7.32. The van der Waals surface area contributed by atoms with Crippen LogP contribution in [0.1, 0.15) is 22.3 Å². The molecule has 1 atom stereocenters. The first-order valence-corrected chi connectivity index (χ1v) is 9.59. The number of hydrazine groups is 1. The Balaban J connectivity index is 1.47. The number of benzene rings is 2. The predicted molar refractivity (Wildman–Crippen MR) is 110 cm³/mol. The summed E-state index contributed by atoms with van der Waals surface area (Å²) in [5, 5.41) is 4.21. The quantitative estimate of drug-likeness (QED) is 0.686. The number of nitrogens with zero attached hydrogens (tertiary/aromatic N) is 1. The fourth-order valence-corrected chi connectivity index (χ4v) is 3.06. The summed E-state index contributed by atoms with van der Waals surface area (Å²) in [5.74, 6) is -2.80. The molecular formula is C21H20ClN3O5. The first kappa shape index (κ1) is 21.3.